The summed E-state index contributed by atoms with van der Waals surface area (Å²) in [4.78, 5) is 40.8. The first-order valence-corrected chi connectivity index (χ1v) is 11.7. The molecule has 166 valence electrons. The summed E-state index contributed by atoms with van der Waals surface area (Å²) in [6.45, 7) is 1.23. The highest BCUT2D eigenvalue weighted by Crippen LogP contribution is 2.38. The van der Waals surface area contributed by atoms with Gasteiger partial charge in [0, 0.05) is 4.88 Å². The van der Waals surface area contributed by atoms with Gasteiger partial charge in [0.1, 0.15) is 23.2 Å². The number of nitriles is 1. The van der Waals surface area contributed by atoms with Crippen LogP contribution in [0.4, 0.5) is 9.80 Å². The Hall–Kier alpha value is -3.70. The summed E-state index contributed by atoms with van der Waals surface area (Å²) in [5, 5.41) is 17.6. The van der Waals surface area contributed by atoms with Gasteiger partial charge in [-0.2, -0.15) is 5.26 Å². The average Bonchev–Trinajstić information content (AvgIpc) is 3.28. The lowest BCUT2D eigenvalue weighted by molar-refractivity contribution is -0.133. The fourth-order valence-electron chi connectivity index (χ4n) is 4.62. The zero-order valence-electron chi connectivity index (χ0n) is 18.1. The van der Waals surface area contributed by atoms with Crippen LogP contribution < -0.4 is 10.6 Å². The van der Waals surface area contributed by atoms with Crippen LogP contribution in [0.25, 0.3) is 10.8 Å². The zero-order chi connectivity index (χ0) is 23.2. The van der Waals surface area contributed by atoms with E-state index < -0.39 is 29.9 Å². The van der Waals surface area contributed by atoms with Crippen LogP contribution in [-0.2, 0) is 28.0 Å². The zero-order valence-corrected chi connectivity index (χ0v) is 18.9. The van der Waals surface area contributed by atoms with Gasteiger partial charge in [-0.1, -0.05) is 36.4 Å². The van der Waals surface area contributed by atoms with Crippen LogP contribution in [0, 0.1) is 11.3 Å². The fourth-order valence-corrected chi connectivity index (χ4v) is 5.87. The number of carbonyl (C=O) groups is 3. The minimum absolute atomic E-state index is 0.415. The van der Waals surface area contributed by atoms with E-state index in [1.54, 1.807) is 6.92 Å². The maximum atomic E-state index is 13.3. The first kappa shape index (κ1) is 21.2. The van der Waals surface area contributed by atoms with Crippen molar-refractivity contribution in [2.24, 2.45) is 0 Å². The summed E-state index contributed by atoms with van der Waals surface area (Å²) in [5.74, 6) is -0.986. The molecule has 2 aliphatic rings. The maximum absolute atomic E-state index is 13.3. The minimum atomic E-state index is -1.26. The predicted octanol–water partition coefficient (Wildman–Crippen LogP) is 4.06. The Morgan fingerprint density at radius 1 is 1.18 bits per heavy atom. The molecule has 0 saturated carbocycles. The van der Waals surface area contributed by atoms with E-state index in [4.69, 9.17) is 0 Å². The molecule has 0 radical (unpaired) electrons. The molecule has 1 aromatic heterocycles. The summed E-state index contributed by atoms with van der Waals surface area (Å²) in [6, 6.07) is 15.0. The first-order chi connectivity index (χ1) is 15.9. The maximum Gasteiger partial charge on any atom is 0.325 e. The number of hydrogen-bond donors (Lipinski definition) is 2. The number of rotatable bonds is 4. The smallest absolute Gasteiger partial charge is 0.319 e. The van der Waals surface area contributed by atoms with Gasteiger partial charge in [-0.25, -0.2) is 4.79 Å². The third-order valence-electron chi connectivity index (χ3n) is 6.44. The van der Waals surface area contributed by atoms with Gasteiger partial charge in [0.2, 0.25) is 5.91 Å². The summed E-state index contributed by atoms with van der Waals surface area (Å²) in [5.41, 5.74) is 0.908. The molecule has 1 atom stereocenters. The number of thiophene rings is 1. The Morgan fingerprint density at radius 2 is 1.94 bits per heavy atom. The Labute approximate surface area is 195 Å². The van der Waals surface area contributed by atoms with Crippen molar-refractivity contribution in [1.82, 2.24) is 10.2 Å². The highest BCUT2D eigenvalue weighted by Gasteiger charge is 2.49. The van der Waals surface area contributed by atoms with Gasteiger partial charge in [-0.05, 0) is 60.6 Å². The number of nitrogens with one attached hydrogen (secondary N) is 2. The average molecular weight is 459 g/mol. The molecule has 2 heterocycles. The molecule has 2 N–H and O–H groups in total. The molecule has 1 aliphatic carbocycles. The molecule has 0 spiro atoms. The molecule has 33 heavy (non-hydrogen) atoms. The van der Waals surface area contributed by atoms with E-state index in [2.05, 4.69) is 16.7 Å². The standard InChI is InChI=1S/C25H22N4O3S/c1-25(17-11-10-15-6-2-3-7-16(15)12-17)23(31)29(24(32)28-25)14-21(30)27-22-19(13-26)18-8-4-5-9-20(18)33-22/h2-3,6-7,10-12H,4-5,8-9,14H2,1H3,(H,27,30)(H,28,32). The summed E-state index contributed by atoms with van der Waals surface area (Å²) in [7, 11) is 0. The first-order valence-electron chi connectivity index (χ1n) is 10.9. The normalized spacial score (nSPS) is 19.8. The van der Waals surface area contributed by atoms with Gasteiger partial charge in [0.25, 0.3) is 5.91 Å². The van der Waals surface area contributed by atoms with E-state index in [0.29, 0.717) is 16.1 Å². The SMILES string of the molecule is CC1(c2ccc3ccccc3c2)NC(=O)N(CC(=O)Nc2sc3c(c2C#N)CCCC3)C1=O. The number of hydrogen-bond acceptors (Lipinski definition) is 5. The Kier molecular flexibility index (Phi) is 5.14. The third-order valence-corrected chi connectivity index (χ3v) is 7.65. The Morgan fingerprint density at radius 3 is 2.73 bits per heavy atom. The van der Waals surface area contributed by atoms with Crippen molar-refractivity contribution < 1.29 is 14.4 Å². The monoisotopic (exact) mass is 458 g/mol. The largest absolute Gasteiger partial charge is 0.325 e. The van der Waals surface area contributed by atoms with Crippen molar-refractivity contribution in [2.45, 2.75) is 38.1 Å². The summed E-state index contributed by atoms with van der Waals surface area (Å²) in [6.07, 6.45) is 3.84. The van der Waals surface area contributed by atoms with Gasteiger partial charge in [-0.3, -0.25) is 14.5 Å². The van der Waals surface area contributed by atoms with Crippen molar-refractivity contribution in [3.63, 3.8) is 0 Å². The molecular weight excluding hydrogens is 436 g/mol. The predicted molar refractivity (Wildman–Crippen MR) is 126 cm³/mol. The molecule has 0 bridgehead atoms. The van der Waals surface area contributed by atoms with E-state index in [0.717, 1.165) is 51.8 Å². The quantitative estimate of drug-likeness (QED) is 0.576. The van der Waals surface area contributed by atoms with Gasteiger partial charge < -0.3 is 10.6 Å². The van der Waals surface area contributed by atoms with Crippen LogP contribution in [0.3, 0.4) is 0 Å². The number of nitrogens with zero attached hydrogens (tertiary/aromatic N) is 2. The van der Waals surface area contributed by atoms with E-state index in [1.165, 1.54) is 11.3 Å². The van der Waals surface area contributed by atoms with Crippen LogP contribution in [0.2, 0.25) is 0 Å². The van der Waals surface area contributed by atoms with Crippen LogP contribution >= 0.6 is 11.3 Å². The van der Waals surface area contributed by atoms with Crippen LogP contribution in [0.5, 0.6) is 0 Å². The molecule has 7 nitrogen and oxygen atoms in total. The van der Waals surface area contributed by atoms with E-state index >= 15 is 0 Å². The van der Waals surface area contributed by atoms with Gasteiger partial charge in [0.15, 0.2) is 0 Å². The highest BCUT2D eigenvalue weighted by atomic mass is 32.1. The van der Waals surface area contributed by atoms with Gasteiger partial charge >= 0.3 is 6.03 Å². The van der Waals surface area contributed by atoms with Crippen molar-refractivity contribution >= 4 is 45.0 Å². The van der Waals surface area contributed by atoms with Crippen molar-refractivity contribution in [1.29, 1.82) is 5.26 Å². The lowest BCUT2D eigenvalue weighted by Gasteiger charge is -2.22. The van der Waals surface area contributed by atoms with Crippen LogP contribution in [-0.4, -0.2) is 29.3 Å². The second kappa shape index (κ2) is 8.01. The van der Waals surface area contributed by atoms with Crippen LogP contribution in [0.1, 0.15) is 41.3 Å². The number of aryl methyl sites for hydroxylation is 1. The van der Waals surface area contributed by atoms with E-state index in [-0.39, 0.29) is 0 Å². The van der Waals surface area contributed by atoms with Crippen molar-refractivity contribution in [2.75, 3.05) is 11.9 Å². The number of anilines is 1. The number of benzene rings is 2. The number of urea groups is 1. The molecule has 1 aliphatic heterocycles. The molecule has 2 aromatic carbocycles. The number of amides is 4. The minimum Gasteiger partial charge on any atom is -0.319 e. The van der Waals surface area contributed by atoms with Gasteiger partial charge in [0.05, 0.1) is 5.56 Å². The molecule has 1 saturated heterocycles. The molecule has 8 heteroatoms. The lowest BCUT2D eigenvalue weighted by atomic mass is 9.90. The summed E-state index contributed by atoms with van der Waals surface area (Å²) < 4.78 is 0. The second-order valence-corrected chi connectivity index (χ2v) is 9.69. The van der Waals surface area contributed by atoms with Gasteiger partial charge in [-0.15, -0.1) is 11.3 Å². The molecule has 1 unspecified atom stereocenters. The Balaban J connectivity index is 1.36. The second-order valence-electron chi connectivity index (χ2n) is 8.58. The Bertz CT molecular complexity index is 1360. The number of fused-ring (bicyclic) bond motifs is 2. The lowest BCUT2D eigenvalue weighted by Crippen LogP contribution is -2.42. The topological polar surface area (TPSA) is 102 Å². The van der Waals surface area contributed by atoms with E-state index in [9.17, 15) is 19.6 Å². The summed E-state index contributed by atoms with van der Waals surface area (Å²) >= 11 is 1.41. The van der Waals surface area contributed by atoms with Crippen molar-refractivity contribution in [3.8, 4) is 6.07 Å². The molecule has 4 amide bonds. The van der Waals surface area contributed by atoms with E-state index in [1.807, 2.05) is 42.5 Å². The highest BCUT2D eigenvalue weighted by molar-refractivity contribution is 7.16. The molecular formula is C25H22N4O3S. The molecule has 1 fully saturated rings. The number of imide groups is 1. The molecule has 5 rings (SSSR count). The fraction of sp³-hybridized carbons (Fsp3) is 0.280. The van der Waals surface area contributed by atoms with Crippen molar-refractivity contribution in [3.05, 3.63) is 64.0 Å². The number of carbonyl (C=O) groups excluding carboxylic acids is 3. The molecule has 3 aromatic rings. The van der Waals surface area contributed by atoms with Crippen LogP contribution in [0.15, 0.2) is 42.5 Å². The third kappa shape index (κ3) is 3.55.